The lowest BCUT2D eigenvalue weighted by Gasteiger charge is -2.58. The van der Waals surface area contributed by atoms with E-state index in [1.165, 1.54) is 50.5 Å². The molecular weight excluding hydrogens is 757 g/mol. The Morgan fingerprint density at radius 1 is 0.897 bits per heavy atom. The Hall–Kier alpha value is -3.25. The molecular formula is C46H70N2O9S. The van der Waals surface area contributed by atoms with Crippen molar-refractivity contribution in [3.8, 4) is 0 Å². The van der Waals surface area contributed by atoms with E-state index < -0.39 is 33.7 Å². The molecule has 1 aromatic carbocycles. The summed E-state index contributed by atoms with van der Waals surface area (Å²) >= 11 is 0. The largest absolute Gasteiger partial charge is 0.464 e. The van der Waals surface area contributed by atoms with Gasteiger partial charge in [-0.05, 0) is 103 Å². The van der Waals surface area contributed by atoms with Crippen molar-refractivity contribution in [1.82, 2.24) is 10.6 Å². The van der Waals surface area contributed by atoms with Gasteiger partial charge in [0.25, 0.3) is 10.1 Å². The van der Waals surface area contributed by atoms with E-state index in [1.54, 1.807) is 0 Å². The summed E-state index contributed by atoms with van der Waals surface area (Å²) < 4.78 is 41.6. The minimum Gasteiger partial charge on any atom is -0.464 e. The van der Waals surface area contributed by atoms with Gasteiger partial charge in [0, 0.05) is 19.4 Å². The van der Waals surface area contributed by atoms with Gasteiger partial charge in [0.05, 0.1) is 31.1 Å². The molecule has 2 amide bonds. The van der Waals surface area contributed by atoms with Crippen molar-refractivity contribution in [3.63, 3.8) is 0 Å². The molecule has 0 aliphatic heterocycles. The van der Waals surface area contributed by atoms with E-state index in [-0.39, 0.29) is 62.4 Å². The second kappa shape index (κ2) is 20.3. The standard InChI is InChI=1S/C46H70N2O9S/c1-31(2)10-9-11-32(3)38-16-17-39-37-15-14-35-30-36(20-22-45(35,4)40(37)21-23-46(38,39)5)57-43(51)29-34(28-33-12-7-6-8-13-33)44(52)48-24-26-56-42(50)19-18-41(49)47-25-27-58(53,54)55/h6-8,12-14,31-32,34,36-40H,9-11,15-30H2,1-5H3,(H,47,49)(H,48,52)(H,53,54,55)/t32-,34-,36?,37+,38?,39+,40+,45+,46-/m1/s1. The molecule has 5 rings (SSSR count). The number of carbonyl (C=O) groups is 4. The van der Waals surface area contributed by atoms with Crippen LogP contribution in [0.25, 0.3) is 0 Å². The zero-order chi connectivity index (χ0) is 42.1. The number of hydrogen-bond donors (Lipinski definition) is 3. The van der Waals surface area contributed by atoms with Crippen molar-refractivity contribution in [2.75, 3.05) is 25.4 Å². The molecule has 2 unspecified atom stereocenters. The monoisotopic (exact) mass is 826 g/mol. The average Bonchev–Trinajstić information content (AvgIpc) is 3.52. The third-order valence-corrected chi connectivity index (χ3v) is 15.3. The first-order chi connectivity index (χ1) is 27.5. The van der Waals surface area contributed by atoms with Crippen molar-refractivity contribution in [2.45, 2.75) is 137 Å². The number of nitrogens with one attached hydrogen (secondary N) is 2. The average molecular weight is 827 g/mol. The van der Waals surface area contributed by atoms with Crippen LogP contribution in [0, 0.1) is 52.3 Å². The van der Waals surface area contributed by atoms with Crippen LogP contribution in [0.4, 0.5) is 0 Å². The molecule has 12 heteroatoms. The van der Waals surface area contributed by atoms with Crippen LogP contribution in [0.5, 0.6) is 0 Å². The number of fused-ring (bicyclic) bond motifs is 5. The molecule has 11 nitrogen and oxygen atoms in total. The Kier molecular flexibility index (Phi) is 16.1. The first-order valence-electron chi connectivity index (χ1n) is 22.1. The summed E-state index contributed by atoms with van der Waals surface area (Å²) in [5.41, 5.74) is 2.97. The normalized spacial score (nSPS) is 28.9. The molecule has 9 atom stereocenters. The molecule has 3 fully saturated rings. The Balaban J connectivity index is 1.10. The summed E-state index contributed by atoms with van der Waals surface area (Å²) in [5, 5.41) is 5.10. The predicted molar refractivity (Wildman–Crippen MR) is 224 cm³/mol. The summed E-state index contributed by atoms with van der Waals surface area (Å²) in [4.78, 5) is 50.9. The van der Waals surface area contributed by atoms with Gasteiger partial charge in [-0.2, -0.15) is 8.42 Å². The van der Waals surface area contributed by atoms with Crippen molar-refractivity contribution >= 4 is 33.9 Å². The minimum absolute atomic E-state index is 0.0287. The number of ether oxygens (including phenoxy) is 2. The smallest absolute Gasteiger partial charge is 0.306 e. The molecule has 58 heavy (non-hydrogen) atoms. The Bertz CT molecular complexity index is 1710. The fraction of sp³-hybridized carbons (Fsp3) is 0.739. The molecule has 324 valence electrons. The van der Waals surface area contributed by atoms with Crippen LogP contribution < -0.4 is 10.6 Å². The number of hydrogen-bond acceptors (Lipinski definition) is 8. The lowest BCUT2D eigenvalue weighted by Crippen LogP contribution is -2.51. The van der Waals surface area contributed by atoms with E-state index in [1.807, 2.05) is 30.3 Å². The van der Waals surface area contributed by atoms with E-state index in [2.05, 4.69) is 51.3 Å². The molecule has 0 bridgehead atoms. The fourth-order valence-electron chi connectivity index (χ4n) is 11.5. The molecule has 0 radical (unpaired) electrons. The van der Waals surface area contributed by atoms with E-state index in [4.69, 9.17) is 14.0 Å². The van der Waals surface area contributed by atoms with Gasteiger partial charge in [0.15, 0.2) is 0 Å². The Morgan fingerprint density at radius 3 is 2.38 bits per heavy atom. The SMILES string of the molecule is CC(C)CCC[C@@H](C)C1CC[C@H]2[C@@H]3CC=C4CC(OC(=O)C[C@@H](Cc5ccccc5)C(=O)NCCOC(=O)CCC(=O)NCCS(=O)(=O)O)CC[C@]4(C)[C@H]3CC[C@]12C. The summed E-state index contributed by atoms with van der Waals surface area (Å²) in [6, 6.07) is 9.53. The van der Waals surface area contributed by atoms with Crippen LogP contribution in [0.15, 0.2) is 42.0 Å². The summed E-state index contributed by atoms with van der Waals surface area (Å²) in [6.45, 7) is 12.0. The highest BCUT2D eigenvalue weighted by Crippen LogP contribution is 2.67. The maximum absolute atomic E-state index is 13.5. The van der Waals surface area contributed by atoms with Crippen LogP contribution in [-0.2, 0) is 45.2 Å². The molecule has 1 aromatic rings. The van der Waals surface area contributed by atoms with Crippen molar-refractivity contribution in [2.24, 2.45) is 52.3 Å². The molecule has 0 heterocycles. The van der Waals surface area contributed by atoms with E-state index >= 15 is 0 Å². The second-order valence-corrected chi connectivity index (χ2v) is 20.5. The van der Waals surface area contributed by atoms with Gasteiger partial charge in [0.1, 0.15) is 12.7 Å². The maximum atomic E-state index is 13.5. The number of rotatable bonds is 20. The zero-order valence-electron chi connectivity index (χ0n) is 35.6. The Morgan fingerprint density at radius 2 is 1.66 bits per heavy atom. The molecule has 4 aliphatic carbocycles. The number of carbonyl (C=O) groups excluding carboxylic acids is 4. The maximum Gasteiger partial charge on any atom is 0.306 e. The van der Waals surface area contributed by atoms with Crippen LogP contribution in [0.3, 0.4) is 0 Å². The number of allylic oxidation sites excluding steroid dienone is 1. The number of esters is 2. The molecule has 0 aromatic heterocycles. The van der Waals surface area contributed by atoms with Gasteiger partial charge in [-0.25, -0.2) is 0 Å². The number of benzene rings is 1. The molecule has 0 spiro atoms. The van der Waals surface area contributed by atoms with Crippen LogP contribution in [0.2, 0.25) is 0 Å². The molecule has 3 N–H and O–H groups in total. The molecule has 4 aliphatic rings. The van der Waals surface area contributed by atoms with Gasteiger partial charge in [-0.15, -0.1) is 0 Å². The summed E-state index contributed by atoms with van der Waals surface area (Å²) in [6.07, 6.45) is 15.3. The first kappa shape index (κ1) is 45.8. The Labute approximate surface area is 347 Å². The van der Waals surface area contributed by atoms with E-state index in [9.17, 15) is 27.6 Å². The summed E-state index contributed by atoms with van der Waals surface area (Å²) in [7, 11) is -4.20. The number of amides is 2. The quantitative estimate of drug-likeness (QED) is 0.0519. The highest BCUT2D eigenvalue weighted by atomic mass is 32.2. The highest BCUT2D eigenvalue weighted by Gasteiger charge is 2.59. The molecule has 0 saturated heterocycles. The van der Waals surface area contributed by atoms with Gasteiger partial charge in [-0.1, -0.05) is 95.9 Å². The first-order valence-corrected chi connectivity index (χ1v) is 23.7. The topological polar surface area (TPSA) is 165 Å². The van der Waals surface area contributed by atoms with Crippen molar-refractivity contribution in [1.29, 1.82) is 0 Å². The molecule has 3 saturated carbocycles. The van der Waals surface area contributed by atoms with E-state index in [0.29, 0.717) is 17.8 Å². The van der Waals surface area contributed by atoms with E-state index in [0.717, 1.165) is 60.8 Å². The minimum atomic E-state index is -4.20. The lowest BCUT2D eigenvalue weighted by molar-refractivity contribution is -0.154. The fourth-order valence-corrected chi connectivity index (χ4v) is 11.9. The van der Waals surface area contributed by atoms with Crippen LogP contribution in [0.1, 0.15) is 130 Å². The van der Waals surface area contributed by atoms with Gasteiger partial charge in [0.2, 0.25) is 11.8 Å². The van der Waals surface area contributed by atoms with Crippen LogP contribution in [-0.4, -0.2) is 68.3 Å². The third-order valence-electron chi connectivity index (χ3n) is 14.6. The van der Waals surface area contributed by atoms with Gasteiger partial charge >= 0.3 is 11.9 Å². The highest BCUT2D eigenvalue weighted by molar-refractivity contribution is 7.85. The van der Waals surface area contributed by atoms with Crippen LogP contribution >= 0.6 is 0 Å². The predicted octanol–water partition coefficient (Wildman–Crippen LogP) is 7.63. The van der Waals surface area contributed by atoms with Gasteiger partial charge < -0.3 is 20.1 Å². The van der Waals surface area contributed by atoms with Crippen molar-refractivity contribution in [3.05, 3.63) is 47.5 Å². The summed E-state index contributed by atoms with van der Waals surface area (Å²) in [5.74, 6) is 1.39. The van der Waals surface area contributed by atoms with Crippen molar-refractivity contribution < 1.29 is 41.6 Å². The second-order valence-electron chi connectivity index (χ2n) is 18.9. The zero-order valence-corrected chi connectivity index (χ0v) is 36.5. The van der Waals surface area contributed by atoms with Gasteiger partial charge in [-0.3, -0.25) is 23.7 Å². The third kappa shape index (κ3) is 12.2. The lowest BCUT2D eigenvalue weighted by atomic mass is 9.47.